The number of nitrogens with zero attached hydrogens (tertiary/aromatic N) is 1. The van der Waals surface area contributed by atoms with Gasteiger partial charge in [-0.25, -0.2) is 0 Å². The summed E-state index contributed by atoms with van der Waals surface area (Å²) in [6.07, 6.45) is 0.562. The summed E-state index contributed by atoms with van der Waals surface area (Å²) in [7, 11) is 0. The van der Waals surface area contributed by atoms with Crippen LogP contribution < -0.4 is 0 Å². The van der Waals surface area contributed by atoms with Crippen LogP contribution in [0.4, 0.5) is 5.69 Å². The Kier molecular flexibility index (Phi) is 2.49. The minimum absolute atomic E-state index is 0.121. The van der Waals surface area contributed by atoms with Crippen molar-refractivity contribution in [1.82, 2.24) is 0 Å². The molecule has 0 unspecified atom stereocenters. The molecule has 0 spiro atoms. The SMILES string of the molecule is O=Cc1c([N+](=O)[O-])c2ccccc2c2ccccc12. The summed E-state index contributed by atoms with van der Waals surface area (Å²) >= 11 is 0. The number of fused-ring (bicyclic) bond motifs is 3. The molecule has 0 aliphatic rings. The third-order valence-corrected chi connectivity index (χ3v) is 3.25. The van der Waals surface area contributed by atoms with E-state index >= 15 is 0 Å². The van der Waals surface area contributed by atoms with Gasteiger partial charge < -0.3 is 0 Å². The van der Waals surface area contributed by atoms with Crippen LogP contribution in [0, 0.1) is 10.1 Å². The highest BCUT2D eigenvalue weighted by Gasteiger charge is 2.21. The molecule has 0 bridgehead atoms. The van der Waals surface area contributed by atoms with Crippen LogP contribution in [0.3, 0.4) is 0 Å². The van der Waals surface area contributed by atoms with Crippen molar-refractivity contribution >= 4 is 33.5 Å². The van der Waals surface area contributed by atoms with E-state index in [9.17, 15) is 14.9 Å². The lowest BCUT2D eigenvalue weighted by molar-refractivity contribution is -0.383. The van der Waals surface area contributed by atoms with Crippen LogP contribution in [-0.2, 0) is 0 Å². The molecule has 3 rings (SSSR count). The number of hydrogen-bond donors (Lipinski definition) is 0. The normalized spacial score (nSPS) is 10.7. The van der Waals surface area contributed by atoms with E-state index in [2.05, 4.69) is 0 Å². The third kappa shape index (κ3) is 1.57. The largest absolute Gasteiger partial charge is 0.298 e. The molecular weight excluding hydrogens is 242 g/mol. The smallest absolute Gasteiger partial charge is 0.288 e. The number of carbonyl (C=O) groups is 1. The lowest BCUT2D eigenvalue weighted by Gasteiger charge is -2.07. The fourth-order valence-corrected chi connectivity index (χ4v) is 2.47. The number of aldehydes is 1. The van der Waals surface area contributed by atoms with Crippen molar-refractivity contribution in [3.05, 3.63) is 64.2 Å². The summed E-state index contributed by atoms with van der Waals surface area (Å²) in [5.41, 5.74) is 0.0172. The number of hydrogen-bond acceptors (Lipinski definition) is 3. The molecule has 4 heteroatoms. The molecule has 4 nitrogen and oxygen atoms in total. The van der Waals surface area contributed by atoms with Crippen LogP contribution in [0.1, 0.15) is 10.4 Å². The lowest BCUT2D eigenvalue weighted by Crippen LogP contribution is -1.97. The van der Waals surface area contributed by atoms with Gasteiger partial charge in [0.05, 0.1) is 10.3 Å². The fraction of sp³-hybridized carbons (Fsp3) is 0. The number of nitro benzene ring substituents is 1. The third-order valence-electron chi connectivity index (χ3n) is 3.25. The van der Waals surface area contributed by atoms with E-state index in [1.165, 1.54) is 0 Å². The summed E-state index contributed by atoms with van der Waals surface area (Å²) in [6.45, 7) is 0. The second-order valence-corrected chi connectivity index (χ2v) is 4.23. The van der Waals surface area contributed by atoms with E-state index in [1.807, 2.05) is 24.3 Å². The maximum atomic E-state index is 11.3. The summed E-state index contributed by atoms with van der Waals surface area (Å²) in [5, 5.41) is 14.0. The molecule has 3 aromatic rings. The Balaban J connectivity index is 2.69. The average molecular weight is 251 g/mol. The van der Waals surface area contributed by atoms with Crippen LogP contribution >= 0.6 is 0 Å². The lowest BCUT2D eigenvalue weighted by atomic mass is 9.96. The Morgan fingerprint density at radius 1 is 0.842 bits per heavy atom. The van der Waals surface area contributed by atoms with Crippen LogP contribution in [0.25, 0.3) is 21.5 Å². The first-order chi connectivity index (χ1) is 9.24. The highest BCUT2D eigenvalue weighted by molar-refractivity contribution is 6.18. The van der Waals surface area contributed by atoms with E-state index in [-0.39, 0.29) is 11.3 Å². The topological polar surface area (TPSA) is 60.2 Å². The summed E-state index contributed by atoms with van der Waals surface area (Å²) in [5.74, 6) is 0. The van der Waals surface area contributed by atoms with E-state index in [0.29, 0.717) is 17.1 Å². The maximum absolute atomic E-state index is 11.3. The Bertz CT molecular complexity index is 824. The molecule has 0 radical (unpaired) electrons. The van der Waals surface area contributed by atoms with Crippen molar-refractivity contribution < 1.29 is 9.72 Å². The molecule has 0 fully saturated rings. The minimum Gasteiger partial charge on any atom is -0.298 e. The first-order valence-electron chi connectivity index (χ1n) is 5.77. The van der Waals surface area contributed by atoms with Gasteiger partial charge in [0.1, 0.15) is 5.56 Å². The van der Waals surface area contributed by atoms with Crippen molar-refractivity contribution in [2.24, 2.45) is 0 Å². The van der Waals surface area contributed by atoms with Crippen molar-refractivity contribution in [2.75, 3.05) is 0 Å². The molecule has 0 N–H and O–H groups in total. The van der Waals surface area contributed by atoms with Crippen LogP contribution in [0.2, 0.25) is 0 Å². The van der Waals surface area contributed by atoms with Crippen LogP contribution in [0.5, 0.6) is 0 Å². The number of benzene rings is 3. The van der Waals surface area contributed by atoms with Crippen molar-refractivity contribution in [3.8, 4) is 0 Å². The van der Waals surface area contributed by atoms with E-state index < -0.39 is 4.92 Å². The molecule has 3 aromatic carbocycles. The molecule has 0 amide bonds. The maximum Gasteiger partial charge on any atom is 0.288 e. The van der Waals surface area contributed by atoms with Crippen molar-refractivity contribution in [1.29, 1.82) is 0 Å². The highest BCUT2D eigenvalue weighted by Crippen LogP contribution is 2.36. The van der Waals surface area contributed by atoms with Gasteiger partial charge in [0.25, 0.3) is 5.69 Å². The zero-order chi connectivity index (χ0) is 13.4. The first kappa shape index (κ1) is 11.3. The molecule has 0 heterocycles. The van der Waals surface area contributed by atoms with Gasteiger partial charge in [0.2, 0.25) is 0 Å². The molecular formula is C15H9NO3. The molecule has 0 aromatic heterocycles. The summed E-state index contributed by atoms with van der Waals surface area (Å²) < 4.78 is 0. The Morgan fingerprint density at radius 2 is 1.32 bits per heavy atom. The molecule has 0 aliphatic heterocycles. The molecule has 92 valence electrons. The predicted octanol–water partition coefficient (Wildman–Crippen LogP) is 3.71. The second kappa shape index (κ2) is 4.17. The van der Waals surface area contributed by atoms with Gasteiger partial charge in [-0.2, -0.15) is 0 Å². The van der Waals surface area contributed by atoms with E-state index in [4.69, 9.17) is 0 Å². The van der Waals surface area contributed by atoms with Gasteiger partial charge in [0, 0.05) is 0 Å². The number of carbonyl (C=O) groups excluding carboxylic acids is 1. The summed E-state index contributed by atoms with van der Waals surface area (Å²) in [6, 6.07) is 14.3. The van der Waals surface area contributed by atoms with Crippen LogP contribution in [0.15, 0.2) is 48.5 Å². The highest BCUT2D eigenvalue weighted by atomic mass is 16.6. The van der Waals surface area contributed by atoms with E-state index in [1.54, 1.807) is 24.3 Å². The monoisotopic (exact) mass is 251 g/mol. The van der Waals surface area contributed by atoms with Gasteiger partial charge in [-0.05, 0) is 22.2 Å². The zero-order valence-electron chi connectivity index (χ0n) is 9.87. The molecule has 0 aliphatic carbocycles. The van der Waals surface area contributed by atoms with Crippen molar-refractivity contribution in [2.45, 2.75) is 0 Å². The Morgan fingerprint density at radius 3 is 1.84 bits per heavy atom. The van der Waals surface area contributed by atoms with Gasteiger partial charge in [-0.1, -0.05) is 42.5 Å². The van der Waals surface area contributed by atoms with Gasteiger partial charge in [-0.15, -0.1) is 0 Å². The van der Waals surface area contributed by atoms with Crippen molar-refractivity contribution in [3.63, 3.8) is 0 Å². The molecule has 0 saturated carbocycles. The van der Waals surface area contributed by atoms with Gasteiger partial charge in [-0.3, -0.25) is 14.9 Å². The van der Waals surface area contributed by atoms with E-state index in [0.717, 1.165) is 10.8 Å². The van der Waals surface area contributed by atoms with Gasteiger partial charge >= 0.3 is 0 Å². The quantitative estimate of drug-likeness (QED) is 0.302. The average Bonchev–Trinajstić information content (AvgIpc) is 2.45. The minimum atomic E-state index is -0.488. The standard InChI is InChI=1S/C15H9NO3/c17-9-14-12-7-2-1-5-10(12)11-6-3-4-8-13(11)15(14)16(18)19/h1-9H. The number of nitro groups is 1. The second-order valence-electron chi connectivity index (χ2n) is 4.23. The predicted molar refractivity (Wildman–Crippen MR) is 73.5 cm³/mol. The van der Waals surface area contributed by atoms with Gasteiger partial charge in [0.15, 0.2) is 6.29 Å². The fourth-order valence-electron chi connectivity index (χ4n) is 2.47. The zero-order valence-corrected chi connectivity index (χ0v) is 9.87. The first-order valence-corrected chi connectivity index (χ1v) is 5.77. The Labute approximate surface area is 108 Å². The Hall–Kier alpha value is -2.75. The number of rotatable bonds is 2. The van der Waals surface area contributed by atoms with Crippen LogP contribution in [-0.4, -0.2) is 11.2 Å². The molecule has 19 heavy (non-hydrogen) atoms. The molecule has 0 saturated heterocycles. The summed E-state index contributed by atoms with van der Waals surface area (Å²) in [4.78, 5) is 22.1. The molecule has 0 atom stereocenters.